The van der Waals surface area contributed by atoms with Crippen LogP contribution in [0.4, 0.5) is 0 Å². The first-order valence-corrected chi connectivity index (χ1v) is 7.30. The van der Waals surface area contributed by atoms with Crippen LogP contribution in [0.1, 0.15) is 33.6 Å². The molecule has 148 valence electrons. The Hall–Kier alpha value is -3.32. The third kappa shape index (κ3) is 6.29. The van der Waals surface area contributed by atoms with Crippen LogP contribution < -0.4 is 22.9 Å². The lowest BCUT2D eigenvalue weighted by Gasteiger charge is -2.31. The van der Waals surface area contributed by atoms with Crippen LogP contribution >= 0.6 is 0 Å². The van der Waals surface area contributed by atoms with Crippen molar-refractivity contribution in [2.75, 3.05) is 6.54 Å². The van der Waals surface area contributed by atoms with Gasteiger partial charge in [-0.05, 0) is 27.2 Å². The van der Waals surface area contributed by atoms with E-state index >= 15 is 0 Å². The van der Waals surface area contributed by atoms with E-state index in [2.05, 4.69) is 10.1 Å². The van der Waals surface area contributed by atoms with Gasteiger partial charge in [0.1, 0.15) is 5.60 Å². The predicted molar refractivity (Wildman–Crippen MR) is 90.8 cm³/mol. The number of nitro groups is 1. The summed E-state index contributed by atoms with van der Waals surface area (Å²) in [6, 6.07) is 0. The molecular formula is C12H24N8O6. The molecule has 0 saturated carbocycles. The molecule has 9 N–H and O–H groups in total. The lowest BCUT2D eigenvalue weighted by atomic mass is 9.93. The Balaban J connectivity index is 6.16. The van der Waals surface area contributed by atoms with Gasteiger partial charge in [0.05, 0.1) is 10.1 Å². The summed E-state index contributed by atoms with van der Waals surface area (Å²) in [4.78, 5) is 39.5. The molecule has 0 heterocycles. The Labute approximate surface area is 148 Å². The highest BCUT2D eigenvalue weighted by Crippen LogP contribution is 2.27. The number of rotatable bonds is 9. The maximum absolute atomic E-state index is 12.6. The van der Waals surface area contributed by atoms with Crippen LogP contribution in [0.3, 0.4) is 0 Å². The number of hydrazone groups is 1. The largest absolute Gasteiger partial charge is 0.479 e. The summed E-state index contributed by atoms with van der Waals surface area (Å²) >= 11 is 0. The number of ether oxygens (including phenoxy) is 1. The van der Waals surface area contributed by atoms with E-state index in [0.717, 1.165) is 0 Å². The number of esters is 1. The summed E-state index contributed by atoms with van der Waals surface area (Å²) < 4.78 is 5.05. The van der Waals surface area contributed by atoms with Gasteiger partial charge in [-0.2, -0.15) is 0 Å². The summed E-state index contributed by atoms with van der Waals surface area (Å²) in [7, 11) is 0. The van der Waals surface area contributed by atoms with Gasteiger partial charge in [0, 0.05) is 18.1 Å². The second-order valence-corrected chi connectivity index (χ2v) is 6.13. The summed E-state index contributed by atoms with van der Waals surface area (Å²) in [5.41, 5.74) is 16.6. The Morgan fingerprint density at radius 2 is 1.73 bits per heavy atom. The molecule has 0 amide bonds. The lowest BCUT2D eigenvalue weighted by molar-refractivity contribution is -0.670. The number of hydrogen-bond acceptors (Lipinski definition) is 7. The van der Waals surface area contributed by atoms with Gasteiger partial charge in [-0.25, -0.2) is 9.59 Å². The number of aliphatic imine (C=N–C) groups is 1. The normalized spacial score (nSPS) is 13.0. The number of carboxylic acids is 1. The van der Waals surface area contributed by atoms with E-state index in [1.54, 1.807) is 0 Å². The molecule has 26 heavy (non-hydrogen) atoms. The monoisotopic (exact) mass is 376 g/mol. The molecule has 0 rings (SSSR count). The summed E-state index contributed by atoms with van der Waals surface area (Å²) in [5.74, 6) is -4.37. The van der Waals surface area contributed by atoms with Crippen LogP contribution in [0.15, 0.2) is 10.1 Å². The number of guanidine groups is 2. The van der Waals surface area contributed by atoms with Crippen molar-refractivity contribution in [2.45, 2.75) is 44.8 Å². The average Bonchev–Trinajstić information content (AvgIpc) is 2.42. The first-order chi connectivity index (χ1) is 11.7. The highest BCUT2D eigenvalue weighted by molar-refractivity contribution is 6.04. The molecular weight excluding hydrogens is 352 g/mol. The van der Waals surface area contributed by atoms with Crippen molar-refractivity contribution >= 4 is 23.9 Å². The maximum atomic E-state index is 12.6. The van der Waals surface area contributed by atoms with Crippen LogP contribution in [-0.4, -0.2) is 56.8 Å². The van der Waals surface area contributed by atoms with E-state index in [1.165, 1.54) is 20.8 Å². The first-order valence-electron chi connectivity index (χ1n) is 7.30. The lowest BCUT2D eigenvalue weighted by Crippen LogP contribution is -2.62. The number of aliphatic carboxylic acids is 1. The minimum Gasteiger partial charge on any atom is -0.479 e. The Morgan fingerprint density at radius 1 is 1.19 bits per heavy atom. The number of nitrogens with zero attached hydrogens (tertiary/aromatic N) is 4. The van der Waals surface area contributed by atoms with Gasteiger partial charge in [-0.15, -0.1) is 0 Å². The molecule has 0 aromatic carbocycles. The molecule has 0 aliphatic rings. The van der Waals surface area contributed by atoms with E-state index in [1.807, 2.05) is 0 Å². The van der Waals surface area contributed by atoms with Gasteiger partial charge < -0.3 is 42.9 Å². The Bertz CT molecular complexity index is 605. The molecule has 0 aliphatic carbocycles. The number of nitrogens with two attached hydrogens (primary N) is 4. The summed E-state index contributed by atoms with van der Waals surface area (Å²) in [6.45, 7) is 4.31. The Morgan fingerprint density at radius 3 is 2.08 bits per heavy atom. The van der Waals surface area contributed by atoms with Crippen molar-refractivity contribution in [2.24, 2.45) is 33.0 Å². The Kier molecular flexibility index (Phi) is 7.57. The van der Waals surface area contributed by atoms with Crippen LogP contribution in [0, 0.1) is 10.1 Å². The minimum absolute atomic E-state index is 0.0897. The minimum atomic E-state index is -2.83. The molecule has 0 aromatic rings. The fourth-order valence-corrected chi connectivity index (χ4v) is 1.84. The molecule has 14 heteroatoms. The van der Waals surface area contributed by atoms with Crippen molar-refractivity contribution in [1.82, 2.24) is 5.12 Å². The van der Waals surface area contributed by atoms with Gasteiger partial charge in [0.2, 0.25) is 0 Å². The molecule has 0 fully saturated rings. The second kappa shape index (κ2) is 8.68. The highest BCUT2D eigenvalue weighted by Gasteiger charge is 2.60. The van der Waals surface area contributed by atoms with Crippen LogP contribution in [0.5, 0.6) is 0 Å². The summed E-state index contributed by atoms with van der Waals surface area (Å²) in [5, 5.41) is 22.7. The molecule has 0 spiro atoms. The van der Waals surface area contributed by atoms with Crippen LogP contribution in [-0.2, 0) is 14.3 Å². The van der Waals surface area contributed by atoms with Gasteiger partial charge in [-0.1, -0.05) is 0 Å². The zero-order chi connectivity index (χ0) is 20.7. The standard InChI is InChI=1S/C12H24N8O6/c1-11(2,3)26-8(23)12(7(21)22,5-4-6-17-9(13)14)19(20(24)25)18-10(15)16/h4-6H2,1-3H3,(H,21,22)(H4,13,14,17)(H4,15,16,18)/t12-/m0/s1. The van der Waals surface area contributed by atoms with Crippen molar-refractivity contribution in [3.63, 3.8) is 0 Å². The molecule has 0 aromatic heterocycles. The van der Waals surface area contributed by atoms with E-state index in [-0.39, 0.29) is 24.0 Å². The zero-order valence-electron chi connectivity index (χ0n) is 14.7. The van der Waals surface area contributed by atoms with E-state index in [4.69, 9.17) is 27.7 Å². The number of hydrogen-bond donors (Lipinski definition) is 5. The van der Waals surface area contributed by atoms with Crippen LogP contribution in [0.2, 0.25) is 0 Å². The molecule has 0 saturated heterocycles. The molecule has 14 nitrogen and oxygen atoms in total. The number of carboxylic acid groups (broad SMARTS) is 1. The average molecular weight is 376 g/mol. The smallest absolute Gasteiger partial charge is 0.352 e. The maximum Gasteiger partial charge on any atom is 0.352 e. The summed E-state index contributed by atoms with van der Waals surface area (Å²) in [6.07, 6.45) is -0.723. The van der Waals surface area contributed by atoms with Gasteiger partial charge in [0.25, 0.3) is 0 Å². The van der Waals surface area contributed by atoms with Gasteiger partial charge in [0.15, 0.2) is 5.96 Å². The first kappa shape index (κ1) is 22.7. The second-order valence-electron chi connectivity index (χ2n) is 6.13. The fraction of sp³-hybridized carbons (Fsp3) is 0.667. The fourth-order valence-electron chi connectivity index (χ4n) is 1.84. The highest BCUT2D eigenvalue weighted by atomic mass is 16.7. The molecule has 0 bridgehead atoms. The number of carbonyl (C=O) groups excluding carboxylic acids is 1. The SMILES string of the molecule is CC(C)(C)OC(=O)[C@](CCCN=C(N)N)(C(=O)O)N(N=C(N)N)[N+](=O)[O-]. The van der Waals surface area contributed by atoms with Gasteiger partial charge >= 0.3 is 23.4 Å². The molecule has 0 unspecified atom stereocenters. The van der Waals surface area contributed by atoms with E-state index < -0.39 is 40.5 Å². The van der Waals surface area contributed by atoms with E-state index in [9.17, 15) is 24.8 Å². The number of carbonyl (C=O) groups is 2. The molecule has 0 radical (unpaired) electrons. The molecule has 0 aliphatic heterocycles. The van der Waals surface area contributed by atoms with Crippen LogP contribution in [0.25, 0.3) is 0 Å². The number of hydrazine groups is 1. The topological polar surface area (TPSA) is 239 Å². The third-order valence-electron chi connectivity index (χ3n) is 2.79. The third-order valence-corrected chi connectivity index (χ3v) is 2.79. The van der Waals surface area contributed by atoms with E-state index in [0.29, 0.717) is 0 Å². The van der Waals surface area contributed by atoms with Crippen molar-refractivity contribution in [3.05, 3.63) is 10.1 Å². The van der Waals surface area contributed by atoms with Crippen molar-refractivity contribution in [3.8, 4) is 0 Å². The van der Waals surface area contributed by atoms with Crippen molar-refractivity contribution in [1.29, 1.82) is 0 Å². The quantitative estimate of drug-likeness (QED) is 0.0554. The van der Waals surface area contributed by atoms with Gasteiger partial charge in [-0.3, -0.25) is 4.99 Å². The molecule has 1 atom stereocenters. The predicted octanol–water partition coefficient (Wildman–Crippen LogP) is -2.11. The zero-order valence-corrected chi connectivity index (χ0v) is 14.7. The van der Waals surface area contributed by atoms with Crippen molar-refractivity contribution < 1.29 is 24.5 Å².